The van der Waals surface area contributed by atoms with Crippen LogP contribution >= 0.6 is 0 Å². The maximum Gasteiger partial charge on any atom is 0.293 e. The second kappa shape index (κ2) is 11.2. The molecule has 10 nitrogen and oxygen atoms in total. The monoisotopic (exact) mass is 522 g/mol. The number of carbonyl (C=O) groups is 2. The lowest BCUT2D eigenvalue weighted by Crippen LogP contribution is -2.30. The van der Waals surface area contributed by atoms with Crippen molar-refractivity contribution in [2.45, 2.75) is 43.0 Å². The molecule has 192 valence electrons. The highest BCUT2D eigenvalue weighted by atomic mass is 32.2. The molecular weight excluding hydrogens is 496 g/mol. The molecule has 0 aromatic heterocycles. The Morgan fingerprint density at radius 1 is 0.838 bits per heavy atom. The van der Waals surface area contributed by atoms with Gasteiger partial charge in [0.25, 0.3) is 27.5 Å². The Morgan fingerprint density at radius 3 is 2.24 bits per heavy atom. The molecule has 3 aromatic carbocycles. The number of nitrogens with zero attached hydrogens (tertiary/aromatic N) is 1. The van der Waals surface area contributed by atoms with E-state index in [4.69, 9.17) is 0 Å². The van der Waals surface area contributed by atoms with Crippen molar-refractivity contribution in [2.75, 3.05) is 10.6 Å². The lowest BCUT2D eigenvalue weighted by molar-refractivity contribution is -0.384. The lowest BCUT2D eigenvalue weighted by Gasteiger charge is -2.23. The Bertz CT molecular complexity index is 1420. The molecule has 1 fully saturated rings. The molecule has 0 spiro atoms. The van der Waals surface area contributed by atoms with Crippen molar-refractivity contribution in [3.8, 4) is 0 Å². The number of sulfonamides is 1. The minimum absolute atomic E-state index is 0.00955. The lowest BCUT2D eigenvalue weighted by atomic mass is 9.95. The van der Waals surface area contributed by atoms with E-state index in [0.29, 0.717) is 5.69 Å². The van der Waals surface area contributed by atoms with Crippen LogP contribution in [0.3, 0.4) is 0 Å². The molecule has 0 atom stereocenters. The minimum Gasteiger partial charge on any atom is -0.377 e. The molecule has 3 aromatic rings. The number of carbonyl (C=O) groups excluding carboxylic acids is 2. The second-order valence-electron chi connectivity index (χ2n) is 8.75. The molecule has 0 bridgehead atoms. The van der Waals surface area contributed by atoms with Crippen molar-refractivity contribution < 1.29 is 22.9 Å². The first-order chi connectivity index (χ1) is 17.7. The maximum absolute atomic E-state index is 12.8. The van der Waals surface area contributed by atoms with Crippen LogP contribution in [0.1, 0.15) is 52.8 Å². The predicted molar refractivity (Wildman–Crippen MR) is 139 cm³/mol. The van der Waals surface area contributed by atoms with Crippen LogP contribution in [-0.4, -0.2) is 31.2 Å². The van der Waals surface area contributed by atoms with E-state index in [0.717, 1.165) is 32.1 Å². The zero-order chi connectivity index (χ0) is 26.4. The third kappa shape index (κ3) is 6.50. The summed E-state index contributed by atoms with van der Waals surface area (Å²) in [5, 5.41) is 17.5. The van der Waals surface area contributed by atoms with Crippen molar-refractivity contribution in [3.05, 3.63) is 94.0 Å². The first kappa shape index (κ1) is 25.8. The van der Waals surface area contributed by atoms with Crippen molar-refractivity contribution >= 4 is 38.9 Å². The van der Waals surface area contributed by atoms with Gasteiger partial charge in [-0.05, 0) is 55.3 Å². The van der Waals surface area contributed by atoms with E-state index in [-0.39, 0.29) is 33.4 Å². The molecule has 0 radical (unpaired) electrons. The normalized spacial score (nSPS) is 13.9. The summed E-state index contributed by atoms with van der Waals surface area (Å²) in [5.74, 6) is -1.48. The largest absolute Gasteiger partial charge is 0.377 e. The fourth-order valence-electron chi connectivity index (χ4n) is 4.19. The SMILES string of the molecule is O=C(Nc1cccc(C(=O)NS(=O)(=O)c2ccccc2)c1)c1ccc(NC2CCCCC2)c([N+](=O)[O-])c1. The molecule has 2 amide bonds. The van der Waals surface area contributed by atoms with Crippen LogP contribution in [0.25, 0.3) is 0 Å². The van der Waals surface area contributed by atoms with Gasteiger partial charge in [0.1, 0.15) is 5.69 Å². The smallest absolute Gasteiger partial charge is 0.293 e. The van der Waals surface area contributed by atoms with Crippen molar-refractivity contribution in [2.24, 2.45) is 0 Å². The number of nitro groups is 1. The van der Waals surface area contributed by atoms with Crippen LogP contribution in [0, 0.1) is 10.1 Å². The number of benzene rings is 3. The van der Waals surface area contributed by atoms with Crippen molar-refractivity contribution in [1.82, 2.24) is 4.72 Å². The minimum atomic E-state index is -4.07. The van der Waals surface area contributed by atoms with Gasteiger partial charge >= 0.3 is 0 Å². The van der Waals surface area contributed by atoms with Crippen LogP contribution < -0.4 is 15.4 Å². The van der Waals surface area contributed by atoms with Gasteiger partial charge in [-0.2, -0.15) is 0 Å². The molecule has 0 aliphatic heterocycles. The Hall–Kier alpha value is -4.25. The number of hydrogen-bond acceptors (Lipinski definition) is 7. The number of nitro benzene ring substituents is 1. The van der Waals surface area contributed by atoms with E-state index in [1.54, 1.807) is 6.07 Å². The van der Waals surface area contributed by atoms with Gasteiger partial charge in [-0.1, -0.05) is 43.5 Å². The number of nitrogens with one attached hydrogen (secondary N) is 3. The average molecular weight is 523 g/mol. The number of anilines is 2. The van der Waals surface area contributed by atoms with E-state index in [9.17, 15) is 28.1 Å². The molecule has 37 heavy (non-hydrogen) atoms. The fourth-order valence-corrected chi connectivity index (χ4v) is 5.19. The molecule has 0 saturated heterocycles. The Kier molecular flexibility index (Phi) is 7.83. The predicted octanol–water partition coefficient (Wildman–Crippen LogP) is 4.71. The molecule has 3 N–H and O–H groups in total. The number of amides is 2. The van der Waals surface area contributed by atoms with Crippen LogP contribution in [0.5, 0.6) is 0 Å². The van der Waals surface area contributed by atoms with Gasteiger partial charge in [0, 0.05) is 28.9 Å². The van der Waals surface area contributed by atoms with Crippen LogP contribution in [-0.2, 0) is 10.0 Å². The van der Waals surface area contributed by atoms with Gasteiger partial charge in [-0.15, -0.1) is 0 Å². The Morgan fingerprint density at radius 2 is 1.54 bits per heavy atom. The first-order valence-electron chi connectivity index (χ1n) is 11.8. The van der Waals surface area contributed by atoms with Gasteiger partial charge in [-0.3, -0.25) is 19.7 Å². The standard InChI is InChI=1S/C26H26N4O6S/c31-25(19-14-15-23(24(17-19)30(33)34)27-20-9-3-1-4-10-20)28-21-11-7-8-18(16-21)26(32)29-37(35,36)22-12-5-2-6-13-22/h2,5-8,11-17,20,27H,1,3-4,9-10H2,(H,28,31)(H,29,32). The summed E-state index contributed by atoms with van der Waals surface area (Å²) in [7, 11) is -4.07. The number of hydrogen-bond donors (Lipinski definition) is 3. The number of rotatable bonds is 8. The molecule has 1 aliphatic carbocycles. The molecule has 1 saturated carbocycles. The van der Waals surface area contributed by atoms with E-state index >= 15 is 0 Å². The summed E-state index contributed by atoms with van der Waals surface area (Å²) < 4.78 is 26.9. The molecular formula is C26H26N4O6S. The molecule has 0 unspecified atom stereocenters. The maximum atomic E-state index is 12.8. The summed E-state index contributed by atoms with van der Waals surface area (Å²) >= 11 is 0. The summed E-state index contributed by atoms with van der Waals surface area (Å²) in [6.45, 7) is 0. The summed E-state index contributed by atoms with van der Waals surface area (Å²) in [4.78, 5) is 36.5. The summed E-state index contributed by atoms with van der Waals surface area (Å²) in [6, 6.07) is 17.6. The highest BCUT2D eigenvalue weighted by Gasteiger charge is 2.22. The zero-order valence-corrected chi connectivity index (χ0v) is 20.7. The average Bonchev–Trinajstić information content (AvgIpc) is 2.90. The highest BCUT2D eigenvalue weighted by molar-refractivity contribution is 7.90. The van der Waals surface area contributed by atoms with E-state index in [1.165, 1.54) is 66.7 Å². The van der Waals surface area contributed by atoms with Crippen molar-refractivity contribution in [1.29, 1.82) is 0 Å². The van der Waals surface area contributed by atoms with E-state index < -0.39 is 26.8 Å². The summed E-state index contributed by atoms with van der Waals surface area (Å²) in [6.07, 6.45) is 5.18. The molecule has 11 heteroatoms. The van der Waals surface area contributed by atoms with Gasteiger partial charge in [-0.25, -0.2) is 13.1 Å². The van der Waals surface area contributed by atoms with Gasteiger partial charge in [0.05, 0.1) is 9.82 Å². The second-order valence-corrected chi connectivity index (χ2v) is 10.4. The Labute approximate surface area is 214 Å². The quantitative estimate of drug-likeness (QED) is 0.287. The van der Waals surface area contributed by atoms with Crippen LogP contribution in [0.4, 0.5) is 17.1 Å². The third-order valence-corrected chi connectivity index (χ3v) is 7.43. The van der Waals surface area contributed by atoms with Crippen LogP contribution in [0.2, 0.25) is 0 Å². The van der Waals surface area contributed by atoms with E-state index in [2.05, 4.69) is 10.6 Å². The first-order valence-corrected chi connectivity index (χ1v) is 13.3. The van der Waals surface area contributed by atoms with Gasteiger partial charge < -0.3 is 10.6 Å². The molecule has 1 aliphatic rings. The van der Waals surface area contributed by atoms with Gasteiger partial charge in [0.15, 0.2) is 0 Å². The van der Waals surface area contributed by atoms with Gasteiger partial charge in [0.2, 0.25) is 0 Å². The third-order valence-electron chi connectivity index (χ3n) is 6.08. The molecule has 0 heterocycles. The van der Waals surface area contributed by atoms with Crippen molar-refractivity contribution in [3.63, 3.8) is 0 Å². The molecule has 4 rings (SSSR count). The summed E-state index contributed by atoms with van der Waals surface area (Å²) in [5.41, 5.74) is 0.476. The highest BCUT2D eigenvalue weighted by Crippen LogP contribution is 2.29. The Balaban J connectivity index is 1.47. The fraction of sp³-hybridized carbons (Fsp3) is 0.231. The van der Waals surface area contributed by atoms with E-state index in [1.807, 2.05) is 4.72 Å². The van der Waals surface area contributed by atoms with Crippen LogP contribution in [0.15, 0.2) is 77.7 Å². The topological polar surface area (TPSA) is 148 Å². The zero-order valence-electron chi connectivity index (χ0n) is 19.8.